The number of hydrogen-bond donors (Lipinski definition) is 2. The number of rotatable bonds is 6. The molecule has 0 spiro atoms. The largest absolute Gasteiger partial charge is 0.366 e. The standard InChI is InChI=1S/C20H20N4O/c1-15-5-2-3-7-17(15)11-20(25)24-18-8-9-19(23-14-18)22-13-16-6-4-10-21-12-16/h2-10,12,14H,11,13H2,1H3,(H,22,23)(H,24,25). The minimum atomic E-state index is -0.0489. The number of anilines is 2. The molecule has 2 heterocycles. The molecular formula is C20H20N4O. The minimum Gasteiger partial charge on any atom is -0.366 e. The summed E-state index contributed by atoms with van der Waals surface area (Å²) in [6, 6.07) is 15.5. The van der Waals surface area contributed by atoms with Crippen LogP contribution in [-0.4, -0.2) is 15.9 Å². The molecule has 0 atom stereocenters. The highest BCUT2D eigenvalue weighted by Crippen LogP contribution is 2.13. The molecule has 0 saturated heterocycles. The number of nitrogens with one attached hydrogen (secondary N) is 2. The summed E-state index contributed by atoms with van der Waals surface area (Å²) in [6.45, 7) is 2.66. The van der Waals surface area contributed by atoms with Gasteiger partial charge in [0.05, 0.1) is 18.3 Å². The van der Waals surface area contributed by atoms with Gasteiger partial charge in [-0.1, -0.05) is 30.3 Å². The Morgan fingerprint density at radius 1 is 1.04 bits per heavy atom. The van der Waals surface area contributed by atoms with E-state index in [2.05, 4.69) is 20.6 Å². The summed E-state index contributed by atoms with van der Waals surface area (Å²) in [6.07, 6.45) is 5.57. The molecule has 1 aromatic carbocycles. The van der Waals surface area contributed by atoms with Crippen LogP contribution in [0.2, 0.25) is 0 Å². The van der Waals surface area contributed by atoms with Crippen molar-refractivity contribution in [3.8, 4) is 0 Å². The molecule has 0 unspecified atom stereocenters. The zero-order valence-corrected chi connectivity index (χ0v) is 14.1. The molecule has 0 aliphatic carbocycles. The van der Waals surface area contributed by atoms with E-state index in [4.69, 9.17) is 0 Å². The van der Waals surface area contributed by atoms with Gasteiger partial charge in [0.25, 0.3) is 0 Å². The summed E-state index contributed by atoms with van der Waals surface area (Å²) in [4.78, 5) is 20.6. The molecule has 0 radical (unpaired) electrons. The number of aromatic nitrogens is 2. The van der Waals surface area contributed by atoms with E-state index in [-0.39, 0.29) is 5.91 Å². The summed E-state index contributed by atoms with van der Waals surface area (Å²) < 4.78 is 0. The van der Waals surface area contributed by atoms with Crippen molar-refractivity contribution in [1.29, 1.82) is 0 Å². The van der Waals surface area contributed by atoms with Gasteiger partial charge in [-0.3, -0.25) is 9.78 Å². The van der Waals surface area contributed by atoms with Gasteiger partial charge >= 0.3 is 0 Å². The number of pyridine rings is 2. The minimum absolute atomic E-state index is 0.0489. The molecule has 0 bridgehead atoms. The predicted molar refractivity (Wildman–Crippen MR) is 99.3 cm³/mol. The number of nitrogens with zero attached hydrogens (tertiary/aromatic N) is 2. The first-order valence-corrected chi connectivity index (χ1v) is 8.14. The van der Waals surface area contributed by atoms with Gasteiger partial charge in [-0.25, -0.2) is 4.98 Å². The summed E-state index contributed by atoms with van der Waals surface area (Å²) >= 11 is 0. The van der Waals surface area contributed by atoms with E-state index in [9.17, 15) is 4.79 Å². The van der Waals surface area contributed by atoms with E-state index in [0.29, 0.717) is 18.7 Å². The van der Waals surface area contributed by atoms with Gasteiger partial charge in [0.1, 0.15) is 5.82 Å². The Kier molecular flexibility index (Phi) is 5.36. The van der Waals surface area contributed by atoms with Gasteiger partial charge in [-0.2, -0.15) is 0 Å². The number of carbonyl (C=O) groups is 1. The van der Waals surface area contributed by atoms with Crippen LogP contribution in [0.1, 0.15) is 16.7 Å². The lowest BCUT2D eigenvalue weighted by molar-refractivity contribution is -0.115. The Morgan fingerprint density at radius 3 is 2.64 bits per heavy atom. The zero-order valence-electron chi connectivity index (χ0n) is 14.1. The Balaban J connectivity index is 1.53. The highest BCUT2D eigenvalue weighted by Gasteiger charge is 2.06. The fourth-order valence-corrected chi connectivity index (χ4v) is 2.45. The Labute approximate surface area is 147 Å². The molecule has 1 amide bonds. The molecule has 0 saturated carbocycles. The second-order valence-electron chi connectivity index (χ2n) is 5.80. The molecule has 3 aromatic rings. The van der Waals surface area contributed by atoms with Crippen molar-refractivity contribution in [3.63, 3.8) is 0 Å². The molecule has 3 rings (SSSR count). The van der Waals surface area contributed by atoms with Gasteiger partial charge in [0, 0.05) is 18.9 Å². The van der Waals surface area contributed by atoms with Gasteiger partial charge in [0.2, 0.25) is 5.91 Å². The van der Waals surface area contributed by atoms with Crippen LogP contribution in [0.15, 0.2) is 67.1 Å². The summed E-state index contributed by atoms with van der Waals surface area (Å²) in [5.41, 5.74) is 3.92. The summed E-state index contributed by atoms with van der Waals surface area (Å²) in [5.74, 6) is 0.702. The average molecular weight is 332 g/mol. The van der Waals surface area contributed by atoms with Crippen molar-refractivity contribution >= 4 is 17.4 Å². The first-order chi connectivity index (χ1) is 12.2. The van der Waals surface area contributed by atoms with Crippen molar-refractivity contribution in [2.24, 2.45) is 0 Å². The normalized spacial score (nSPS) is 10.3. The third-order valence-electron chi connectivity index (χ3n) is 3.86. The van der Waals surface area contributed by atoms with E-state index < -0.39 is 0 Å². The summed E-state index contributed by atoms with van der Waals surface area (Å²) in [5, 5.41) is 6.10. The van der Waals surface area contributed by atoms with Gasteiger partial charge in [-0.15, -0.1) is 0 Å². The van der Waals surface area contributed by atoms with Crippen molar-refractivity contribution in [1.82, 2.24) is 9.97 Å². The Bertz CT molecular complexity index is 832. The highest BCUT2D eigenvalue weighted by molar-refractivity contribution is 5.92. The second-order valence-corrected chi connectivity index (χ2v) is 5.80. The van der Waals surface area contributed by atoms with E-state index in [1.165, 1.54) is 0 Å². The van der Waals surface area contributed by atoms with Gasteiger partial charge in [-0.05, 0) is 41.8 Å². The monoisotopic (exact) mass is 332 g/mol. The van der Waals surface area contributed by atoms with Gasteiger partial charge < -0.3 is 10.6 Å². The topological polar surface area (TPSA) is 66.9 Å². The number of carbonyl (C=O) groups excluding carboxylic acids is 1. The predicted octanol–water partition coefficient (Wildman–Crippen LogP) is 3.58. The van der Waals surface area contributed by atoms with Crippen LogP contribution in [0.4, 0.5) is 11.5 Å². The van der Waals surface area contributed by atoms with Crippen molar-refractivity contribution in [3.05, 3.63) is 83.8 Å². The first kappa shape index (κ1) is 16.6. The quantitative estimate of drug-likeness (QED) is 0.724. The van der Waals surface area contributed by atoms with Crippen LogP contribution >= 0.6 is 0 Å². The SMILES string of the molecule is Cc1ccccc1CC(=O)Nc1ccc(NCc2cccnc2)nc1. The molecule has 5 nitrogen and oxygen atoms in total. The third-order valence-corrected chi connectivity index (χ3v) is 3.86. The van der Waals surface area contributed by atoms with E-state index >= 15 is 0 Å². The molecule has 2 N–H and O–H groups in total. The van der Waals surface area contributed by atoms with Crippen molar-refractivity contribution in [2.75, 3.05) is 10.6 Å². The molecule has 0 aliphatic rings. The molecule has 5 heteroatoms. The summed E-state index contributed by atoms with van der Waals surface area (Å²) in [7, 11) is 0. The lowest BCUT2D eigenvalue weighted by atomic mass is 10.1. The smallest absolute Gasteiger partial charge is 0.228 e. The fourth-order valence-electron chi connectivity index (χ4n) is 2.45. The highest BCUT2D eigenvalue weighted by atomic mass is 16.1. The fraction of sp³-hybridized carbons (Fsp3) is 0.150. The van der Waals surface area contributed by atoms with Crippen molar-refractivity contribution < 1.29 is 4.79 Å². The Hall–Kier alpha value is -3.21. The van der Waals surface area contributed by atoms with Crippen LogP contribution < -0.4 is 10.6 Å². The number of benzene rings is 1. The number of aryl methyl sites for hydroxylation is 1. The van der Waals surface area contributed by atoms with Crippen molar-refractivity contribution in [2.45, 2.75) is 19.9 Å². The lowest BCUT2D eigenvalue weighted by Gasteiger charge is -2.09. The molecule has 126 valence electrons. The van der Waals surface area contributed by atoms with Crippen LogP contribution in [0.3, 0.4) is 0 Å². The van der Waals surface area contributed by atoms with Crippen LogP contribution in [0.25, 0.3) is 0 Å². The number of hydrogen-bond acceptors (Lipinski definition) is 4. The number of amides is 1. The molecule has 0 aliphatic heterocycles. The second kappa shape index (κ2) is 8.06. The first-order valence-electron chi connectivity index (χ1n) is 8.14. The average Bonchev–Trinajstić information content (AvgIpc) is 2.64. The maximum Gasteiger partial charge on any atom is 0.228 e. The zero-order chi connectivity index (χ0) is 17.5. The van der Waals surface area contributed by atoms with Crippen LogP contribution in [0.5, 0.6) is 0 Å². The van der Waals surface area contributed by atoms with E-state index in [1.807, 2.05) is 61.7 Å². The third kappa shape index (κ3) is 4.88. The molecule has 25 heavy (non-hydrogen) atoms. The maximum absolute atomic E-state index is 12.2. The Morgan fingerprint density at radius 2 is 1.92 bits per heavy atom. The molecular weight excluding hydrogens is 312 g/mol. The van der Waals surface area contributed by atoms with E-state index in [1.54, 1.807) is 12.4 Å². The van der Waals surface area contributed by atoms with Gasteiger partial charge in [0.15, 0.2) is 0 Å². The van der Waals surface area contributed by atoms with Crippen LogP contribution in [-0.2, 0) is 17.8 Å². The maximum atomic E-state index is 12.2. The van der Waals surface area contributed by atoms with Crippen LogP contribution in [0, 0.1) is 6.92 Å². The molecule has 2 aromatic heterocycles. The van der Waals surface area contributed by atoms with E-state index in [0.717, 1.165) is 22.5 Å². The molecule has 0 fully saturated rings. The lowest BCUT2D eigenvalue weighted by Crippen LogP contribution is -2.15.